The molecule has 3 aromatic rings. The molecule has 24 heavy (non-hydrogen) atoms. The van der Waals surface area contributed by atoms with E-state index in [1.165, 1.54) is 12.1 Å². The topological polar surface area (TPSA) is 89.1 Å². The van der Waals surface area contributed by atoms with Crippen LogP contribution in [0.3, 0.4) is 0 Å². The Morgan fingerprint density at radius 3 is 2.83 bits per heavy atom. The summed E-state index contributed by atoms with van der Waals surface area (Å²) >= 11 is 0. The molecule has 122 valence electrons. The Kier molecular flexibility index (Phi) is 3.03. The van der Waals surface area contributed by atoms with Gasteiger partial charge >= 0.3 is 5.97 Å². The van der Waals surface area contributed by atoms with E-state index in [2.05, 4.69) is 9.97 Å². The van der Waals surface area contributed by atoms with Gasteiger partial charge in [0.2, 0.25) is 0 Å². The number of carbonyl (C=O) groups is 1. The van der Waals surface area contributed by atoms with Crippen molar-refractivity contribution in [1.29, 1.82) is 0 Å². The lowest BCUT2D eigenvalue weighted by Crippen LogP contribution is -2.05. The van der Waals surface area contributed by atoms with Gasteiger partial charge in [0, 0.05) is 22.2 Å². The molecule has 0 spiro atoms. The lowest BCUT2D eigenvalue weighted by atomic mass is 9.89. The number of hydrogen-bond acceptors (Lipinski definition) is 2. The van der Waals surface area contributed by atoms with Crippen LogP contribution in [0, 0.1) is 12.7 Å². The largest absolute Gasteiger partial charge is 0.494 e. The Morgan fingerprint density at radius 2 is 2.08 bits per heavy atom. The summed E-state index contributed by atoms with van der Waals surface area (Å²) in [6.45, 7) is 1.72. The monoisotopic (exact) mass is 326 g/mol. The van der Waals surface area contributed by atoms with Crippen LogP contribution in [0.5, 0.6) is 5.88 Å². The predicted octanol–water partition coefficient (Wildman–Crippen LogP) is 3.73. The molecule has 0 unspecified atom stereocenters. The Bertz CT molecular complexity index is 1030. The summed E-state index contributed by atoms with van der Waals surface area (Å²) in [6.07, 6.45) is 3.21. The van der Waals surface area contributed by atoms with E-state index < -0.39 is 11.8 Å². The van der Waals surface area contributed by atoms with Gasteiger partial charge in [-0.25, -0.2) is 9.18 Å². The van der Waals surface area contributed by atoms with Gasteiger partial charge in [-0.1, -0.05) is 6.08 Å². The van der Waals surface area contributed by atoms with Gasteiger partial charge in [0.05, 0.1) is 16.8 Å². The van der Waals surface area contributed by atoms with Crippen LogP contribution in [0.4, 0.5) is 4.39 Å². The molecule has 0 radical (unpaired) electrons. The van der Waals surface area contributed by atoms with Gasteiger partial charge in [0.15, 0.2) is 5.88 Å². The molecule has 0 fully saturated rings. The first kappa shape index (κ1) is 14.6. The van der Waals surface area contributed by atoms with Crippen molar-refractivity contribution in [2.45, 2.75) is 19.8 Å². The molecule has 2 heterocycles. The third-order valence-corrected chi connectivity index (χ3v) is 4.53. The lowest BCUT2D eigenvalue weighted by molar-refractivity contribution is 0.0695. The summed E-state index contributed by atoms with van der Waals surface area (Å²) in [4.78, 5) is 17.5. The molecular weight excluding hydrogens is 311 g/mol. The van der Waals surface area contributed by atoms with Crippen LogP contribution in [-0.4, -0.2) is 26.2 Å². The summed E-state index contributed by atoms with van der Waals surface area (Å²) in [5, 5.41) is 20.4. The van der Waals surface area contributed by atoms with E-state index >= 15 is 0 Å². The SMILES string of the molecule is Cc1[nH]c2c(c1C(=O)O)CCC=C2c1c(O)[nH]c2ccc(F)cc12. The summed E-state index contributed by atoms with van der Waals surface area (Å²) in [6, 6.07) is 4.26. The van der Waals surface area contributed by atoms with Crippen molar-refractivity contribution in [3.05, 3.63) is 58.2 Å². The second-order valence-electron chi connectivity index (χ2n) is 5.98. The number of hydrogen-bond donors (Lipinski definition) is 4. The molecule has 1 aliphatic carbocycles. The standard InChI is InChI=1S/C18H15FN2O3/c1-8-14(18(23)24)10-3-2-4-11(16(10)20-8)15-12-7-9(19)5-6-13(12)21-17(15)22/h4-7,20-22H,2-3H2,1H3,(H,23,24). The number of allylic oxidation sites excluding steroid dienone is 1. The van der Waals surface area contributed by atoms with Crippen molar-refractivity contribution < 1.29 is 19.4 Å². The van der Waals surface area contributed by atoms with Crippen LogP contribution in [0.15, 0.2) is 24.3 Å². The van der Waals surface area contributed by atoms with E-state index in [0.717, 1.165) is 5.56 Å². The zero-order chi connectivity index (χ0) is 17.0. The fourth-order valence-electron chi connectivity index (χ4n) is 3.56. The minimum absolute atomic E-state index is 0.0566. The predicted molar refractivity (Wildman–Crippen MR) is 87.8 cm³/mol. The van der Waals surface area contributed by atoms with Crippen LogP contribution < -0.4 is 0 Å². The number of aromatic amines is 2. The van der Waals surface area contributed by atoms with Crippen LogP contribution in [0.2, 0.25) is 0 Å². The van der Waals surface area contributed by atoms with Gasteiger partial charge in [-0.05, 0) is 43.5 Å². The van der Waals surface area contributed by atoms with E-state index in [0.29, 0.717) is 46.3 Å². The zero-order valence-electron chi connectivity index (χ0n) is 12.9. The van der Waals surface area contributed by atoms with Gasteiger partial charge in [-0.3, -0.25) is 0 Å². The van der Waals surface area contributed by atoms with Crippen LogP contribution >= 0.6 is 0 Å². The van der Waals surface area contributed by atoms with Crippen LogP contribution in [0.25, 0.3) is 16.5 Å². The fraction of sp³-hybridized carbons (Fsp3) is 0.167. The van der Waals surface area contributed by atoms with Crippen LogP contribution in [0.1, 0.15) is 39.3 Å². The lowest BCUT2D eigenvalue weighted by Gasteiger charge is -2.14. The molecule has 0 atom stereocenters. The molecule has 4 N–H and O–H groups in total. The molecule has 5 nitrogen and oxygen atoms in total. The molecule has 6 heteroatoms. The van der Waals surface area contributed by atoms with Gasteiger partial charge in [-0.2, -0.15) is 0 Å². The minimum atomic E-state index is -0.972. The van der Waals surface area contributed by atoms with E-state index in [1.807, 2.05) is 6.08 Å². The summed E-state index contributed by atoms with van der Waals surface area (Å²) in [7, 11) is 0. The Labute approximate surface area is 136 Å². The second-order valence-corrected chi connectivity index (χ2v) is 5.98. The summed E-state index contributed by atoms with van der Waals surface area (Å²) in [5.74, 6) is -1.42. The second kappa shape index (κ2) is 4.99. The highest BCUT2D eigenvalue weighted by molar-refractivity contribution is 6.02. The number of aromatic carboxylic acids is 1. The Morgan fingerprint density at radius 1 is 1.29 bits per heavy atom. The molecule has 2 aromatic heterocycles. The number of fused-ring (bicyclic) bond motifs is 2. The number of halogens is 1. The Hall–Kier alpha value is -3.02. The molecule has 4 rings (SSSR count). The van der Waals surface area contributed by atoms with E-state index in [9.17, 15) is 19.4 Å². The number of carboxylic acids is 1. The molecular formula is C18H15FN2O3. The van der Waals surface area contributed by atoms with E-state index in [4.69, 9.17) is 0 Å². The average molecular weight is 326 g/mol. The van der Waals surface area contributed by atoms with Gasteiger partial charge in [-0.15, -0.1) is 0 Å². The number of aryl methyl sites for hydroxylation is 1. The average Bonchev–Trinajstić information content (AvgIpc) is 3.02. The number of aromatic nitrogens is 2. The number of rotatable bonds is 2. The van der Waals surface area contributed by atoms with Crippen molar-refractivity contribution in [2.24, 2.45) is 0 Å². The zero-order valence-corrected chi connectivity index (χ0v) is 12.9. The fourth-order valence-corrected chi connectivity index (χ4v) is 3.56. The normalized spacial score (nSPS) is 13.8. The third-order valence-electron chi connectivity index (χ3n) is 4.53. The number of carboxylic acid groups (broad SMARTS) is 1. The van der Waals surface area contributed by atoms with Gasteiger partial charge in [0.25, 0.3) is 0 Å². The van der Waals surface area contributed by atoms with Gasteiger partial charge in [0.1, 0.15) is 5.82 Å². The molecule has 0 saturated carbocycles. The number of aromatic hydroxyl groups is 1. The number of nitrogens with one attached hydrogen (secondary N) is 2. The summed E-state index contributed by atoms with van der Waals surface area (Å²) in [5.41, 5.74) is 4.06. The highest BCUT2D eigenvalue weighted by atomic mass is 19.1. The Balaban J connectivity index is 1.99. The molecule has 0 bridgehead atoms. The molecule has 0 aliphatic heterocycles. The number of H-pyrrole nitrogens is 2. The maximum absolute atomic E-state index is 13.7. The molecule has 1 aliphatic rings. The maximum atomic E-state index is 13.7. The highest BCUT2D eigenvalue weighted by Crippen LogP contribution is 2.41. The number of benzene rings is 1. The quantitative estimate of drug-likeness (QED) is 0.578. The minimum Gasteiger partial charge on any atom is -0.494 e. The highest BCUT2D eigenvalue weighted by Gasteiger charge is 2.27. The smallest absolute Gasteiger partial charge is 0.337 e. The van der Waals surface area contributed by atoms with Crippen molar-refractivity contribution >= 4 is 22.4 Å². The van der Waals surface area contributed by atoms with Crippen molar-refractivity contribution in [3.63, 3.8) is 0 Å². The van der Waals surface area contributed by atoms with Crippen molar-refractivity contribution in [1.82, 2.24) is 9.97 Å². The molecule has 1 aromatic carbocycles. The van der Waals surface area contributed by atoms with Crippen LogP contribution in [-0.2, 0) is 6.42 Å². The molecule has 0 saturated heterocycles. The first-order valence-electron chi connectivity index (χ1n) is 7.63. The maximum Gasteiger partial charge on any atom is 0.337 e. The third kappa shape index (κ3) is 1.96. The summed E-state index contributed by atoms with van der Waals surface area (Å²) < 4.78 is 13.7. The van der Waals surface area contributed by atoms with E-state index in [-0.39, 0.29) is 11.4 Å². The first-order valence-corrected chi connectivity index (χ1v) is 7.63. The van der Waals surface area contributed by atoms with E-state index in [1.54, 1.807) is 13.0 Å². The van der Waals surface area contributed by atoms with Gasteiger partial charge < -0.3 is 20.2 Å². The van der Waals surface area contributed by atoms with Crippen molar-refractivity contribution in [2.75, 3.05) is 0 Å². The first-order chi connectivity index (χ1) is 11.5. The molecule has 0 amide bonds. The van der Waals surface area contributed by atoms with Crippen molar-refractivity contribution in [3.8, 4) is 5.88 Å².